The predicted octanol–water partition coefficient (Wildman–Crippen LogP) is 10.0. The maximum atomic E-state index is 5.13. The molecule has 0 unspecified atom stereocenters. The lowest BCUT2D eigenvalue weighted by molar-refractivity contribution is 0.953. The second kappa shape index (κ2) is 9.58. The molecular formula is C41H25N5. The molecule has 0 aliphatic rings. The van der Waals surface area contributed by atoms with E-state index in [1.165, 1.54) is 43.5 Å². The van der Waals surface area contributed by atoms with Gasteiger partial charge in [0.05, 0.1) is 27.6 Å². The second-order valence-electron chi connectivity index (χ2n) is 11.7. The SMILES string of the molecule is c1ccc(-c2nc(-c3ccccc3)nc(-n3c4ccccc4c4c5c(ccc43)c3ccccc3n3c4ccccc4cc53)n2)cc1. The number of para-hydroxylation sites is 3. The fraction of sp³-hybridized carbons (Fsp3) is 0. The van der Waals surface area contributed by atoms with Crippen LogP contribution in [0, 0.1) is 0 Å². The molecule has 46 heavy (non-hydrogen) atoms. The van der Waals surface area contributed by atoms with Crippen LogP contribution in [0.25, 0.3) is 88.6 Å². The number of nitrogens with zero attached hydrogens (tertiary/aromatic N) is 5. The zero-order valence-corrected chi connectivity index (χ0v) is 24.7. The zero-order chi connectivity index (χ0) is 30.2. The van der Waals surface area contributed by atoms with E-state index in [4.69, 9.17) is 15.0 Å². The van der Waals surface area contributed by atoms with E-state index in [1.54, 1.807) is 0 Å². The van der Waals surface area contributed by atoms with E-state index in [0.29, 0.717) is 17.6 Å². The van der Waals surface area contributed by atoms with Gasteiger partial charge < -0.3 is 4.40 Å². The third-order valence-electron chi connectivity index (χ3n) is 9.13. The van der Waals surface area contributed by atoms with Gasteiger partial charge in [0, 0.05) is 38.1 Å². The summed E-state index contributed by atoms with van der Waals surface area (Å²) in [7, 11) is 0. The molecule has 5 nitrogen and oxygen atoms in total. The average molecular weight is 588 g/mol. The van der Waals surface area contributed by atoms with E-state index < -0.39 is 0 Å². The summed E-state index contributed by atoms with van der Waals surface area (Å²) in [5.41, 5.74) is 7.59. The first-order valence-electron chi connectivity index (χ1n) is 15.5. The predicted molar refractivity (Wildman–Crippen MR) is 189 cm³/mol. The van der Waals surface area contributed by atoms with Crippen LogP contribution >= 0.6 is 0 Å². The molecule has 5 heteroatoms. The normalized spacial score (nSPS) is 11.9. The van der Waals surface area contributed by atoms with Gasteiger partial charge in [0.2, 0.25) is 5.95 Å². The third kappa shape index (κ3) is 3.54. The molecule has 214 valence electrons. The fourth-order valence-electron chi connectivity index (χ4n) is 7.16. The van der Waals surface area contributed by atoms with Crippen LogP contribution in [-0.2, 0) is 0 Å². The summed E-state index contributed by atoms with van der Waals surface area (Å²) in [6.07, 6.45) is 0. The molecule has 0 bridgehead atoms. The van der Waals surface area contributed by atoms with E-state index in [0.717, 1.165) is 27.5 Å². The van der Waals surface area contributed by atoms with Crippen LogP contribution in [0.5, 0.6) is 0 Å². The number of fused-ring (bicyclic) bond motifs is 12. The first-order valence-corrected chi connectivity index (χ1v) is 15.5. The zero-order valence-electron chi connectivity index (χ0n) is 24.7. The highest BCUT2D eigenvalue weighted by atomic mass is 15.2. The molecule has 0 saturated carbocycles. The Morgan fingerprint density at radius 2 is 0.935 bits per heavy atom. The Morgan fingerprint density at radius 3 is 1.65 bits per heavy atom. The number of rotatable bonds is 3. The van der Waals surface area contributed by atoms with Gasteiger partial charge in [-0.2, -0.15) is 9.97 Å². The van der Waals surface area contributed by atoms with Gasteiger partial charge in [-0.3, -0.25) is 4.57 Å². The van der Waals surface area contributed by atoms with Crippen LogP contribution in [0.4, 0.5) is 0 Å². The van der Waals surface area contributed by atoms with Crippen molar-refractivity contribution in [1.29, 1.82) is 0 Å². The minimum atomic E-state index is 0.593. The molecule has 0 atom stereocenters. The molecule has 0 amide bonds. The molecule has 0 aliphatic heterocycles. The molecule has 0 fully saturated rings. The van der Waals surface area contributed by atoms with Crippen molar-refractivity contribution in [2.75, 3.05) is 0 Å². The van der Waals surface area contributed by atoms with Crippen LogP contribution in [0.3, 0.4) is 0 Å². The second-order valence-corrected chi connectivity index (χ2v) is 11.7. The topological polar surface area (TPSA) is 48.0 Å². The van der Waals surface area contributed by atoms with Crippen molar-refractivity contribution in [3.63, 3.8) is 0 Å². The van der Waals surface area contributed by atoms with Crippen LogP contribution in [0.2, 0.25) is 0 Å². The Labute approximate surface area is 263 Å². The molecule has 0 saturated heterocycles. The Hall–Kier alpha value is -6.33. The first-order chi connectivity index (χ1) is 22.8. The smallest absolute Gasteiger partial charge is 0.238 e. The van der Waals surface area contributed by atoms with Crippen molar-refractivity contribution in [2.24, 2.45) is 0 Å². The lowest BCUT2D eigenvalue weighted by atomic mass is 10.00. The van der Waals surface area contributed by atoms with E-state index in [-0.39, 0.29) is 0 Å². The Balaban J connectivity index is 1.38. The number of aromatic nitrogens is 5. The van der Waals surface area contributed by atoms with Gasteiger partial charge in [0.15, 0.2) is 11.6 Å². The molecular weight excluding hydrogens is 562 g/mol. The van der Waals surface area contributed by atoms with Gasteiger partial charge >= 0.3 is 0 Å². The molecule has 4 heterocycles. The van der Waals surface area contributed by atoms with Gasteiger partial charge in [-0.1, -0.05) is 121 Å². The van der Waals surface area contributed by atoms with Crippen molar-refractivity contribution in [3.8, 4) is 28.7 Å². The van der Waals surface area contributed by atoms with Crippen LogP contribution in [-0.4, -0.2) is 23.9 Å². The molecule has 4 aromatic heterocycles. The highest BCUT2D eigenvalue weighted by molar-refractivity contribution is 6.30. The first kappa shape index (κ1) is 25.0. The minimum Gasteiger partial charge on any atom is -0.309 e. The summed E-state index contributed by atoms with van der Waals surface area (Å²) in [6.45, 7) is 0. The van der Waals surface area contributed by atoms with E-state index in [1.807, 2.05) is 60.7 Å². The van der Waals surface area contributed by atoms with E-state index in [2.05, 4.69) is 100.0 Å². The monoisotopic (exact) mass is 587 g/mol. The van der Waals surface area contributed by atoms with Crippen molar-refractivity contribution < 1.29 is 0 Å². The molecule has 6 aromatic carbocycles. The lowest BCUT2D eigenvalue weighted by Crippen LogP contribution is -2.06. The highest BCUT2D eigenvalue weighted by Gasteiger charge is 2.22. The van der Waals surface area contributed by atoms with Crippen molar-refractivity contribution in [2.45, 2.75) is 0 Å². The molecule has 10 aromatic rings. The van der Waals surface area contributed by atoms with E-state index in [9.17, 15) is 0 Å². The maximum absolute atomic E-state index is 5.13. The lowest BCUT2D eigenvalue weighted by Gasteiger charge is -2.13. The van der Waals surface area contributed by atoms with Gasteiger partial charge in [0.25, 0.3) is 0 Å². The quantitative estimate of drug-likeness (QED) is 0.193. The molecule has 0 aliphatic carbocycles. The van der Waals surface area contributed by atoms with Gasteiger partial charge in [0.1, 0.15) is 0 Å². The Morgan fingerprint density at radius 1 is 0.370 bits per heavy atom. The van der Waals surface area contributed by atoms with Crippen LogP contribution < -0.4 is 0 Å². The summed E-state index contributed by atoms with van der Waals surface area (Å²) in [6, 6.07) is 53.1. The fourth-order valence-corrected chi connectivity index (χ4v) is 7.16. The largest absolute Gasteiger partial charge is 0.309 e. The summed E-state index contributed by atoms with van der Waals surface area (Å²) < 4.78 is 4.63. The minimum absolute atomic E-state index is 0.593. The van der Waals surface area contributed by atoms with Crippen molar-refractivity contribution in [3.05, 3.63) is 152 Å². The highest BCUT2D eigenvalue weighted by Crippen LogP contribution is 2.42. The van der Waals surface area contributed by atoms with E-state index >= 15 is 0 Å². The Bertz CT molecular complexity index is 2740. The van der Waals surface area contributed by atoms with Crippen LogP contribution in [0.15, 0.2) is 152 Å². The van der Waals surface area contributed by atoms with Crippen molar-refractivity contribution >= 4 is 59.9 Å². The summed E-state index contributed by atoms with van der Waals surface area (Å²) >= 11 is 0. The number of benzene rings is 6. The molecule has 0 spiro atoms. The summed E-state index contributed by atoms with van der Waals surface area (Å²) in [4.78, 5) is 15.2. The molecule has 0 N–H and O–H groups in total. The van der Waals surface area contributed by atoms with Gasteiger partial charge in [-0.15, -0.1) is 0 Å². The number of hydrogen-bond donors (Lipinski definition) is 0. The third-order valence-corrected chi connectivity index (χ3v) is 9.13. The van der Waals surface area contributed by atoms with Crippen LogP contribution in [0.1, 0.15) is 0 Å². The van der Waals surface area contributed by atoms with Gasteiger partial charge in [-0.25, -0.2) is 4.98 Å². The number of hydrogen-bond acceptors (Lipinski definition) is 3. The summed E-state index contributed by atoms with van der Waals surface area (Å²) in [5.74, 6) is 1.88. The molecule has 10 rings (SSSR count). The number of pyridine rings is 1. The molecule has 0 radical (unpaired) electrons. The van der Waals surface area contributed by atoms with Crippen molar-refractivity contribution in [1.82, 2.24) is 23.9 Å². The standard InChI is InChI=1S/C41H25N5/c1-3-13-26(14-4-1)39-42-40(27-15-5-2-6-16-27)44-41(43-39)46-34-22-12-9-19-31(34)38-35(46)24-23-30-29-18-8-11-21-33(29)45-32-20-10-7-17-28(32)25-36(45)37(30)38/h1-25H. The van der Waals surface area contributed by atoms with Gasteiger partial charge in [-0.05, 0) is 35.7 Å². The average Bonchev–Trinajstić information content (AvgIpc) is 3.69. The Kier molecular flexibility index (Phi) is 5.22. The maximum Gasteiger partial charge on any atom is 0.238 e. The summed E-state index contributed by atoms with van der Waals surface area (Å²) in [5, 5.41) is 7.25.